The molecule has 7 nitrogen and oxygen atoms in total. The molecule has 0 unspecified atom stereocenters. The van der Waals surface area contributed by atoms with Crippen LogP contribution in [-0.2, 0) is 24.8 Å². The van der Waals surface area contributed by atoms with Crippen molar-refractivity contribution in [2.75, 3.05) is 31.5 Å². The lowest BCUT2D eigenvalue weighted by Gasteiger charge is -2.26. The van der Waals surface area contributed by atoms with Crippen LogP contribution in [0.3, 0.4) is 0 Å². The second-order valence-electron chi connectivity index (χ2n) is 10.6. The summed E-state index contributed by atoms with van der Waals surface area (Å²) in [5, 5.41) is 12.2. The Labute approximate surface area is 216 Å². The summed E-state index contributed by atoms with van der Waals surface area (Å²) in [5.74, 6) is -2.79. The lowest BCUT2D eigenvalue weighted by Crippen LogP contribution is -2.34. The third kappa shape index (κ3) is 6.15. The van der Waals surface area contributed by atoms with Gasteiger partial charge in [-0.1, -0.05) is 18.6 Å². The number of aryl methyl sites for hydroxylation is 1. The van der Waals surface area contributed by atoms with E-state index in [1.165, 1.54) is 19.3 Å². The number of carbonyl (C=O) groups is 1. The first kappa shape index (κ1) is 25.7. The summed E-state index contributed by atoms with van der Waals surface area (Å²) in [6.07, 6.45) is 6.60. The summed E-state index contributed by atoms with van der Waals surface area (Å²) in [4.78, 5) is 19.8. The maximum atomic E-state index is 14.1. The minimum absolute atomic E-state index is 0.102. The van der Waals surface area contributed by atoms with Crippen molar-refractivity contribution in [3.63, 3.8) is 0 Å². The van der Waals surface area contributed by atoms with Crippen LogP contribution in [0.2, 0.25) is 0 Å². The molecule has 2 aliphatic rings. The highest BCUT2D eigenvalue weighted by Crippen LogP contribution is 2.32. The van der Waals surface area contributed by atoms with Gasteiger partial charge in [-0.15, -0.1) is 0 Å². The number of piperidine rings is 2. The monoisotopic (exact) mass is 510 g/mol. The summed E-state index contributed by atoms with van der Waals surface area (Å²) in [5.41, 5.74) is 3.44. The fraction of sp³-hybridized carbons (Fsp3) is 0.536. The summed E-state index contributed by atoms with van der Waals surface area (Å²) in [7, 11) is 1.96. The molecule has 4 heterocycles. The maximum absolute atomic E-state index is 14.1. The van der Waals surface area contributed by atoms with Crippen LogP contribution in [-0.4, -0.2) is 57.7 Å². The number of benzene rings is 1. The first-order valence-electron chi connectivity index (χ1n) is 13.3. The van der Waals surface area contributed by atoms with Crippen LogP contribution in [0.4, 0.5) is 14.6 Å². The number of rotatable bonds is 7. The van der Waals surface area contributed by atoms with E-state index in [1.54, 1.807) is 6.07 Å². The van der Waals surface area contributed by atoms with Gasteiger partial charge in [-0.2, -0.15) is 5.10 Å². The van der Waals surface area contributed by atoms with Crippen LogP contribution in [0, 0.1) is 5.92 Å². The predicted molar refractivity (Wildman–Crippen MR) is 142 cm³/mol. The van der Waals surface area contributed by atoms with E-state index < -0.39 is 12.3 Å². The van der Waals surface area contributed by atoms with E-state index in [-0.39, 0.29) is 17.5 Å². The molecule has 2 fully saturated rings. The molecule has 3 aromatic rings. The smallest absolute Gasteiger partial charge is 0.250 e. The van der Waals surface area contributed by atoms with Crippen LogP contribution in [0.15, 0.2) is 30.5 Å². The number of pyridine rings is 1. The first-order chi connectivity index (χ1) is 17.8. The lowest BCUT2D eigenvalue weighted by atomic mass is 9.97. The molecule has 0 bridgehead atoms. The van der Waals surface area contributed by atoms with E-state index in [2.05, 4.69) is 25.6 Å². The van der Waals surface area contributed by atoms with Crippen LogP contribution < -0.4 is 10.6 Å². The molecule has 1 amide bonds. The molecule has 1 aromatic carbocycles. The van der Waals surface area contributed by atoms with Crippen LogP contribution >= 0.6 is 0 Å². The fourth-order valence-electron chi connectivity index (χ4n) is 5.52. The number of hydrogen-bond acceptors (Lipinski definition) is 5. The molecule has 2 aliphatic heterocycles. The van der Waals surface area contributed by atoms with Crippen LogP contribution in [0.1, 0.15) is 50.4 Å². The minimum Gasteiger partial charge on any atom is -0.317 e. The van der Waals surface area contributed by atoms with Crippen molar-refractivity contribution in [2.45, 2.75) is 57.9 Å². The van der Waals surface area contributed by atoms with Crippen molar-refractivity contribution >= 4 is 22.5 Å². The molecule has 0 atom stereocenters. The van der Waals surface area contributed by atoms with E-state index in [4.69, 9.17) is 0 Å². The average Bonchev–Trinajstić information content (AvgIpc) is 3.23. The Morgan fingerprint density at radius 2 is 1.92 bits per heavy atom. The Morgan fingerprint density at radius 1 is 1.16 bits per heavy atom. The zero-order valence-electron chi connectivity index (χ0n) is 21.7. The third-order valence-electron chi connectivity index (χ3n) is 7.54. The number of carbonyl (C=O) groups excluding carboxylic acids is 1. The number of likely N-dealkylation sites (tertiary alicyclic amines) is 1. The van der Waals surface area contributed by atoms with E-state index >= 15 is 0 Å². The lowest BCUT2D eigenvalue weighted by molar-refractivity contribution is -0.120. The second kappa shape index (κ2) is 10.8. The molecule has 5 rings (SSSR count). The highest BCUT2D eigenvalue weighted by atomic mass is 19.3. The highest BCUT2D eigenvalue weighted by Gasteiger charge is 2.26. The number of nitrogens with one attached hydrogen (secondary N) is 2. The van der Waals surface area contributed by atoms with Crippen molar-refractivity contribution < 1.29 is 13.6 Å². The van der Waals surface area contributed by atoms with E-state index in [1.807, 2.05) is 36.1 Å². The zero-order valence-corrected chi connectivity index (χ0v) is 21.7. The fourth-order valence-corrected chi connectivity index (χ4v) is 5.52. The molecule has 2 N–H and O–H groups in total. The second-order valence-corrected chi connectivity index (χ2v) is 10.6. The number of nitrogens with zero attached hydrogens (tertiary/aromatic N) is 4. The Hall–Kier alpha value is -2.91. The van der Waals surface area contributed by atoms with Crippen molar-refractivity contribution in [1.29, 1.82) is 0 Å². The molecule has 198 valence electrons. The average molecular weight is 511 g/mol. The molecule has 2 aromatic heterocycles. The Balaban J connectivity index is 1.49. The standard InChI is InChI=1S/C28H36F2N6O/c1-28(29,30)16-24-22-7-6-20(23-17-32-35(2)25(23)18-36-12-4-3-5-13-36)14-21(22)15-26(33-24)34-27(37)19-8-10-31-11-9-19/h6-7,14-15,17,19,31H,3-5,8-13,16,18H2,1-2H3,(H,33,34,37). The topological polar surface area (TPSA) is 75.1 Å². The van der Waals surface area contributed by atoms with E-state index in [0.29, 0.717) is 11.2 Å². The van der Waals surface area contributed by atoms with Gasteiger partial charge in [-0.05, 0) is 81.9 Å². The van der Waals surface area contributed by atoms with Gasteiger partial charge in [0.25, 0.3) is 5.92 Å². The van der Waals surface area contributed by atoms with E-state index in [9.17, 15) is 13.6 Å². The molecule has 37 heavy (non-hydrogen) atoms. The van der Waals surface area contributed by atoms with Gasteiger partial charge in [0.1, 0.15) is 5.82 Å². The molecule has 0 spiro atoms. The van der Waals surface area contributed by atoms with Gasteiger partial charge in [0.05, 0.1) is 24.0 Å². The quantitative estimate of drug-likeness (QED) is 0.480. The Bertz CT molecular complexity index is 1260. The number of amides is 1. The number of fused-ring (bicyclic) bond motifs is 1. The number of aromatic nitrogens is 3. The molecule has 2 saturated heterocycles. The summed E-state index contributed by atoms with van der Waals surface area (Å²) in [6.45, 7) is 5.49. The number of anilines is 1. The molecular formula is C28H36F2N6O. The molecular weight excluding hydrogens is 474 g/mol. The number of alkyl halides is 2. The highest BCUT2D eigenvalue weighted by molar-refractivity contribution is 5.96. The maximum Gasteiger partial charge on any atom is 0.250 e. The van der Waals surface area contributed by atoms with Gasteiger partial charge in [0, 0.05) is 30.5 Å². The van der Waals surface area contributed by atoms with Gasteiger partial charge in [0.2, 0.25) is 5.91 Å². The first-order valence-corrected chi connectivity index (χ1v) is 13.3. The molecule has 0 radical (unpaired) electrons. The summed E-state index contributed by atoms with van der Waals surface area (Å²) < 4.78 is 30.1. The largest absolute Gasteiger partial charge is 0.317 e. The van der Waals surface area contributed by atoms with Crippen molar-refractivity contribution in [3.8, 4) is 11.1 Å². The third-order valence-corrected chi connectivity index (χ3v) is 7.54. The molecule has 9 heteroatoms. The van der Waals surface area contributed by atoms with Crippen molar-refractivity contribution in [2.24, 2.45) is 13.0 Å². The van der Waals surface area contributed by atoms with Crippen molar-refractivity contribution in [1.82, 2.24) is 25.0 Å². The van der Waals surface area contributed by atoms with E-state index in [0.717, 1.165) is 74.7 Å². The molecule has 0 aliphatic carbocycles. The summed E-state index contributed by atoms with van der Waals surface area (Å²) in [6, 6.07) is 7.64. The van der Waals surface area contributed by atoms with Crippen molar-refractivity contribution in [3.05, 3.63) is 41.9 Å². The van der Waals surface area contributed by atoms with Crippen LogP contribution in [0.5, 0.6) is 0 Å². The molecule has 0 saturated carbocycles. The van der Waals surface area contributed by atoms with Gasteiger partial charge < -0.3 is 10.6 Å². The SMILES string of the molecule is Cn1ncc(-c2ccc3c(CC(C)(F)F)nc(NC(=O)C4CCNCC4)cc3c2)c1CN1CCCCC1. The normalized spacial score (nSPS) is 17.8. The predicted octanol–water partition coefficient (Wildman–Crippen LogP) is 4.76. The summed E-state index contributed by atoms with van der Waals surface area (Å²) >= 11 is 0. The van der Waals surface area contributed by atoms with Gasteiger partial charge >= 0.3 is 0 Å². The number of hydrogen-bond donors (Lipinski definition) is 2. The Morgan fingerprint density at radius 3 is 2.65 bits per heavy atom. The van der Waals surface area contributed by atoms with Gasteiger partial charge in [-0.3, -0.25) is 14.4 Å². The van der Waals surface area contributed by atoms with Crippen LogP contribution in [0.25, 0.3) is 21.9 Å². The Kier molecular flexibility index (Phi) is 7.53. The minimum atomic E-state index is -2.92. The van der Waals surface area contributed by atoms with Gasteiger partial charge in [-0.25, -0.2) is 13.8 Å². The number of halogens is 2. The van der Waals surface area contributed by atoms with Gasteiger partial charge in [0.15, 0.2) is 0 Å². The zero-order chi connectivity index (χ0) is 26.0.